The number of aromatic nitrogens is 1. The Morgan fingerprint density at radius 2 is 2.00 bits per heavy atom. The Morgan fingerprint density at radius 1 is 1.33 bits per heavy atom. The number of carboxylic acids is 1. The maximum atomic E-state index is 11.2. The molecule has 4 nitrogen and oxygen atoms in total. The summed E-state index contributed by atoms with van der Waals surface area (Å²) < 4.78 is 5.05. The van der Waals surface area contributed by atoms with Gasteiger partial charge < -0.3 is 9.84 Å². The summed E-state index contributed by atoms with van der Waals surface area (Å²) in [4.78, 5) is 15.1. The van der Waals surface area contributed by atoms with E-state index in [1.54, 1.807) is 31.4 Å². The fraction of sp³-hybridized carbons (Fsp3) is 0.0769. The molecule has 5 heteroatoms. The smallest absolute Gasteiger partial charge is 0.336 e. The second kappa shape index (κ2) is 5.06. The maximum Gasteiger partial charge on any atom is 0.336 e. The van der Waals surface area contributed by atoms with Crippen LogP contribution >= 0.6 is 11.6 Å². The van der Waals surface area contributed by atoms with Gasteiger partial charge in [0.15, 0.2) is 0 Å². The van der Waals surface area contributed by atoms with Crippen LogP contribution in [0, 0.1) is 0 Å². The number of methoxy groups -OCH3 is 1. The van der Waals surface area contributed by atoms with E-state index >= 15 is 0 Å². The van der Waals surface area contributed by atoms with Crippen LogP contribution in [-0.4, -0.2) is 23.2 Å². The van der Waals surface area contributed by atoms with Gasteiger partial charge in [0.05, 0.1) is 12.7 Å². The molecule has 0 bridgehead atoms. The lowest BCUT2D eigenvalue weighted by molar-refractivity contribution is 0.0697. The second-order valence-corrected chi connectivity index (χ2v) is 3.97. The quantitative estimate of drug-likeness (QED) is 0.865. The molecule has 0 unspecified atom stereocenters. The summed E-state index contributed by atoms with van der Waals surface area (Å²) >= 11 is 5.70. The van der Waals surface area contributed by atoms with Crippen molar-refractivity contribution in [3.05, 3.63) is 47.2 Å². The largest absolute Gasteiger partial charge is 0.497 e. The molecule has 1 aromatic heterocycles. The number of rotatable bonds is 3. The van der Waals surface area contributed by atoms with Crippen LogP contribution in [0.1, 0.15) is 10.4 Å². The number of aromatic carboxylic acids is 1. The van der Waals surface area contributed by atoms with Gasteiger partial charge in [0.1, 0.15) is 10.9 Å². The summed E-state index contributed by atoms with van der Waals surface area (Å²) in [6, 6.07) is 8.40. The number of hydrogen-bond acceptors (Lipinski definition) is 3. The average Bonchev–Trinajstić information content (AvgIpc) is 2.39. The Bertz CT molecular complexity index is 581. The third kappa shape index (κ3) is 2.43. The maximum absolute atomic E-state index is 11.2. The third-order valence-corrected chi connectivity index (χ3v) is 2.71. The number of carbonyl (C=O) groups is 1. The highest BCUT2D eigenvalue weighted by Crippen LogP contribution is 2.26. The topological polar surface area (TPSA) is 59.4 Å². The molecule has 2 rings (SSSR count). The van der Waals surface area contributed by atoms with Gasteiger partial charge in [0.2, 0.25) is 0 Å². The highest BCUT2D eigenvalue weighted by molar-refractivity contribution is 6.29. The van der Waals surface area contributed by atoms with Gasteiger partial charge in [0, 0.05) is 11.8 Å². The van der Waals surface area contributed by atoms with E-state index in [1.165, 1.54) is 12.3 Å². The van der Waals surface area contributed by atoms with E-state index < -0.39 is 5.97 Å². The van der Waals surface area contributed by atoms with Gasteiger partial charge in [-0.05, 0) is 23.8 Å². The Labute approximate surface area is 109 Å². The minimum Gasteiger partial charge on any atom is -0.497 e. The van der Waals surface area contributed by atoms with Crippen LogP contribution in [0.2, 0.25) is 5.15 Å². The summed E-state index contributed by atoms with van der Waals surface area (Å²) in [6.45, 7) is 0. The van der Waals surface area contributed by atoms with Gasteiger partial charge in [-0.2, -0.15) is 0 Å². The summed E-state index contributed by atoms with van der Waals surface area (Å²) in [5.41, 5.74) is 1.40. The molecule has 0 aliphatic rings. The Kier molecular flexibility index (Phi) is 3.48. The normalized spacial score (nSPS) is 10.1. The Hall–Kier alpha value is -2.07. The lowest BCUT2D eigenvalue weighted by Crippen LogP contribution is -2.00. The molecule has 1 aromatic carbocycles. The van der Waals surface area contributed by atoms with E-state index in [-0.39, 0.29) is 10.7 Å². The van der Waals surface area contributed by atoms with Crippen LogP contribution < -0.4 is 4.74 Å². The van der Waals surface area contributed by atoms with Crippen molar-refractivity contribution in [2.24, 2.45) is 0 Å². The van der Waals surface area contributed by atoms with Gasteiger partial charge in [-0.3, -0.25) is 0 Å². The van der Waals surface area contributed by atoms with Crippen molar-refractivity contribution >= 4 is 17.6 Å². The molecule has 0 aliphatic heterocycles. The fourth-order valence-electron chi connectivity index (χ4n) is 1.61. The molecule has 18 heavy (non-hydrogen) atoms. The van der Waals surface area contributed by atoms with Crippen molar-refractivity contribution in [1.29, 1.82) is 0 Å². The average molecular weight is 264 g/mol. The number of benzene rings is 1. The van der Waals surface area contributed by atoms with E-state index in [9.17, 15) is 4.79 Å². The van der Waals surface area contributed by atoms with Gasteiger partial charge >= 0.3 is 5.97 Å². The molecule has 1 N–H and O–H groups in total. The van der Waals surface area contributed by atoms with Crippen LogP contribution in [0.25, 0.3) is 11.1 Å². The SMILES string of the molecule is COc1ccc(-c2cnc(Cl)cc2C(=O)O)cc1. The van der Waals surface area contributed by atoms with Crippen molar-refractivity contribution in [3.8, 4) is 16.9 Å². The zero-order valence-electron chi connectivity index (χ0n) is 9.55. The molecule has 0 saturated carbocycles. The zero-order chi connectivity index (χ0) is 13.1. The Morgan fingerprint density at radius 3 is 2.56 bits per heavy atom. The predicted molar refractivity (Wildman–Crippen MR) is 68.2 cm³/mol. The highest BCUT2D eigenvalue weighted by atomic mass is 35.5. The van der Waals surface area contributed by atoms with E-state index in [2.05, 4.69) is 4.98 Å². The molecule has 92 valence electrons. The molecule has 0 fully saturated rings. The van der Waals surface area contributed by atoms with E-state index in [0.717, 1.165) is 5.56 Å². The molecular formula is C13H10ClNO3. The monoisotopic (exact) mass is 263 g/mol. The third-order valence-electron chi connectivity index (χ3n) is 2.50. The molecular weight excluding hydrogens is 254 g/mol. The second-order valence-electron chi connectivity index (χ2n) is 3.59. The van der Waals surface area contributed by atoms with Crippen LogP contribution in [0.5, 0.6) is 5.75 Å². The lowest BCUT2D eigenvalue weighted by atomic mass is 10.0. The van der Waals surface area contributed by atoms with Crippen molar-refractivity contribution in [2.45, 2.75) is 0 Å². The van der Waals surface area contributed by atoms with Crippen LogP contribution in [0.15, 0.2) is 36.5 Å². The summed E-state index contributed by atoms with van der Waals surface area (Å²) in [5.74, 6) is -0.331. The van der Waals surface area contributed by atoms with Crippen LogP contribution in [-0.2, 0) is 0 Å². The van der Waals surface area contributed by atoms with Crippen LogP contribution in [0.3, 0.4) is 0 Å². The van der Waals surface area contributed by atoms with Crippen molar-refractivity contribution in [3.63, 3.8) is 0 Å². The predicted octanol–water partition coefficient (Wildman–Crippen LogP) is 3.11. The number of pyridine rings is 1. The van der Waals surface area contributed by atoms with E-state index in [4.69, 9.17) is 21.4 Å². The molecule has 0 aliphatic carbocycles. The molecule has 2 aromatic rings. The lowest BCUT2D eigenvalue weighted by Gasteiger charge is -2.07. The number of hydrogen-bond donors (Lipinski definition) is 1. The first-order valence-corrected chi connectivity index (χ1v) is 5.53. The first-order chi connectivity index (χ1) is 8.61. The molecule has 1 heterocycles. The minimum absolute atomic E-state index is 0.125. The summed E-state index contributed by atoms with van der Waals surface area (Å²) in [5, 5.41) is 9.30. The standard InChI is InChI=1S/C13H10ClNO3/c1-18-9-4-2-8(3-5-9)11-7-15-12(14)6-10(11)13(16)17/h2-7H,1H3,(H,16,17). The van der Waals surface area contributed by atoms with Gasteiger partial charge in [-0.1, -0.05) is 23.7 Å². The van der Waals surface area contributed by atoms with Crippen molar-refractivity contribution in [1.82, 2.24) is 4.98 Å². The molecule has 0 amide bonds. The van der Waals surface area contributed by atoms with Crippen molar-refractivity contribution < 1.29 is 14.6 Å². The van der Waals surface area contributed by atoms with Gasteiger partial charge in [-0.15, -0.1) is 0 Å². The number of halogens is 1. The number of carboxylic acid groups (broad SMARTS) is 1. The molecule has 0 spiro atoms. The summed E-state index contributed by atoms with van der Waals surface area (Å²) in [6.07, 6.45) is 1.45. The van der Waals surface area contributed by atoms with Crippen LogP contribution in [0.4, 0.5) is 0 Å². The van der Waals surface area contributed by atoms with Gasteiger partial charge in [0.25, 0.3) is 0 Å². The fourth-order valence-corrected chi connectivity index (χ4v) is 1.77. The number of ether oxygens (including phenoxy) is 1. The first kappa shape index (κ1) is 12.4. The first-order valence-electron chi connectivity index (χ1n) is 5.15. The molecule has 0 atom stereocenters. The zero-order valence-corrected chi connectivity index (χ0v) is 10.3. The van der Waals surface area contributed by atoms with E-state index in [1.807, 2.05) is 0 Å². The van der Waals surface area contributed by atoms with Crippen molar-refractivity contribution in [2.75, 3.05) is 7.11 Å². The molecule has 0 radical (unpaired) electrons. The van der Waals surface area contributed by atoms with Gasteiger partial charge in [-0.25, -0.2) is 9.78 Å². The molecule has 0 saturated heterocycles. The summed E-state index contributed by atoms with van der Waals surface area (Å²) in [7, 11) is 1.57. The minimum atomic E-state index is -1.04. The Balaban J connectivity index is 2.52. The number of nitrogens with zero attached hydrogens (tertiary/aromatic N) is 1. The van der Waals surface area contributed by atoms with E-state index in [0.29, 0.717) is 11.3 Å². The highest BCUT2D eigenvalue weighted by Gasteiger charge is 2.13.